The predicted octanol–water partition coefficient (Wildman–Crippen LogP) is 6.46. The summed E-state index contributed by atoms with van der Waals surface area (Å²) in [4.78, 5) is 29.6. The van der Waals surface area contributed by atoms with Crippen LogP contribution in [0.5, 0.6) is 0 Å². The Labute approximate surface area is 278 Å². The molecule has 1 aliphatic carbocycles. The van der Waals surface area contributed by atoms with Crippen LogP contribution in [0.25, 0.3) is 22.2 Å². The van der Waals surface area contributed by atoms with Crippen molar-refractivity contribution in [3.05, 3.63) is 95.6 Å². The molecule has 1 saturated carbocycles. The van der Waals surface area contributed by atoms with E-state index in [1.165, 1.54) is 12.0 Å². The highest BCUT2D eigenvalue weighted by Crippen LogP contribution is 2.44. The lowest BCUT2D eigenvalue weighted by atomic mass is 9.82. The van der Waals surface area contributed by atoms with Gasteiger partial charge in [0.05, 0.1) is 17.0 Å². The van der Waals surface area contributed by atoms with Gasteiger partial charge in [-0.1, -0.05) is 86.0 Å². The van der Waals surface area contributed by atoms with Crippen molar-refractivity contribution in [2.75, 3.05) is 20.1 Å². The fourth-order valence-electron chi connectivity index (χ4n) is 7.60. The first kappa shape index (κ1) is 33.0. The van der Waals surface area contributed by atoms with Crippen molar-refractivity contribution >= 4 is 32.7 Å². The van der Waals surface area contributed by atoms with Gasteiger partial charge in [0.15, 0.2) is 0 Å². The maximum absolute atomic E-state index is 13.8. The zero-order valence-corrected chi connectivity index (χ0v) is 28.3. The van der Waals surface area contributed by atoms with Gasteiger partial charge in [-0.15, -0.1) is 0 Å². The number of carbonyl (C=O) groups excluding carboxylic acids is 2. The molecule has 0 radical (unpaired) electrons. The number of nitrogens with one attached hydrogen (secondary N) is 2. The van der Waals surface area contributed by atoms with Gasteiger partial charge in [0.2, 0.25) is 15.9 Å². The van der Waals surface area contributed by atoms with E-state index in [0.29, 0.717) is 17.4 Å². The molecule has 2 fully saturated rings. The van der Waals surface area contributed by atoms with Crippen molar-refractivity contribution in [1.29, 1.82) is 0 Å². The summed E-state index contributed by atoms with van der Waals surface area (Å²) >= 11 is 0. The van der Waals surface area contributed by atoms with Crippen molar-refractivity contribution in [2.45, 2.75) is 76.1 Å². The van der Waals surface area contributed by atoms with Gasteiger partial charge in [-0.05, 0) is 86.9 Å². The third kappa shape index (κ3) is 7.79. The van der Waals surface area contributed by atoms with Crippen molar-refractivity contribution in [1.82, 2.24) is 19.5 Å². The van der Waals surface area contributed by atoms with Crippen molar-refractivity contribution < 1.29 is 18.0 Å². The maximum Gasteiger partial charge on any atom is 0.264 e. The van der Waals surface area contributed by atoms with Crippen molar-refractivity contribution in [2.24, 2.45) is 5.92 Å². The number of likely N-dealkylation sites (tertiary alicyclic amines) is 1. The standard InChI is InChI=1S/C38H46N4O4S/c1-27(32-19-12-22-41(2)24-32)39-35(43)25-42-34-23-31(38(44)40-47(45,46)26-28-13-6-3-7-14-28)20-21-33(34)36(29-15-8-4-9-16-29)37(42)30-17-10-5-11-18-30/h3,5-7,10-11,13-14,17-18,20-21,23,27,29,32H,4,8-9,12,15-16,19,22,24-26H2,1-2H3,(H,39,43)(H,40,44). The number of fused-ring (bicyclic) bond motifs is 1. The van der Waals surface area contributed by atoms with Crippen LogP contribution in [0.1, 0.15) is 79.3 Å². The molecular weight excluding hydrogens is 609 g/mol. The summed E-state index contributed by atoms with van der Waals surface area (Å²) in [7, 11) is -1.80. The summed E-state index contributed by atoms with van der Waals surface area (Å²) in [5, 5.41) is 4.31. The molecule has 1 aromatic heterocycles. The number of sulfonamides is 1. The minimum absolute atomic E-state index is 0.0289. The zero-order chi connectivity index (χ0) is 33.0. The monoisotopic (exact) mass is 654 g/mol. The highest BCUT2D eigenvalue weighted by Gasteiger charge is 2.29. The Bertz CT molecular complexity index is 1810. The van der Waals surface area contributed by atoms with E-state index in [0.717, 1.165) is 73.8 Å². The van der Waals surface area contributed by atoms with Gasteiger partial charge in [0, 0.05) is 23.5 Å². The van der Waals surface area contributed by atoms with Gasteiger partial charge in [-0.2, -0.15) is 0 Å². The number of aromatic nitrogens is 1. The average Bonchev–Trinajstić information content (AvgIpc) is 3.38. The second kappa shape index (κ2) is 14.4. The normalized spacial score (nSPS) is 18.6. The third-order valence-corrected chi connectivity index (χ3v) is 11.1. The summed E-state index contributed by atoms with van der Waals surface area (Å²) < 4.78 is 30.3. The fourth-order valence-corrected chi connectivity index (χ4v) is 8.70. The Hall–Kier alpha value is -3.95. The van der Waals surface area contributed by atoms with E-state index in [-0.39, 0.29) is 29.8 Å². The van der Waals surface area contributed by atoms with E-state index in [1.807, 2.05) is 30.3 Å². The van der Waals surface area contributed by atoms with Crippen LogP contribution in [0.4, 0.5) is 0 Å². The largest absolute Gasteiger partial charge is 0.352 e. The number of rotatable bonds is 10. The molecule has 0 bridgehead atoms. The first-order chi connectivity index (χ1) is 22.7. The summed E-state index contributed by atoms with van der Waals surface area (Å²) in [6.07, 6.45) is 7.87. The molecule has 3 aromatic carbocycles. The van der Waals surface area contributed by atoms with Gasteiger partial charge >= 0.3 is 0 Å². The molecule has 9 heteroatoms. The Morgan fingerprint density at radius 3 is 2.30 bits per heavy atom. The Balaban J connectivity index is 1.38. The molecule has 1 saturated heterocycles. The smallest absolute Gasteiger partial charge is 0.264 e. The van der Waals surface area contributed by atoms with E-state index in [1.54, 1.807) is 36.4 Å². The first-order valence-electron chi connectivity index (χ1n) is 17.0. The van der Waals surface area contributed by atoms with Gasteiger partial charge < -0.3 is 14.8 Å². The van der Waals surface area contributed by atoms with Crippen molar-refractivity contribution in [3.63, 3.8) is 0 Å². The molecule has 4 aromatic rings. The number of amides is 2. The number of benzene rings is 3. The van der Waals surface area contributed by atoms with Gasteiger partial charge in [-0.25, -0.2) is 13.1 Å². The summed E-state index contributed by atoms with van der Waals surface area (Å²) in [6, 6.07) is 24.4. The fraction of sp³-hybridized carbons (Fsp3) is 0.421. The lowest BCUT2D eigenvalue weighted by Gasteiger charge is -2.33. The number of carbonyl (C=O) groups is 2. The SMILES string of the molecule is CC(NC(=O)Cn1c(-c2ccccc2)c(C2CCCCC2)c2ccc(C(=O)NS(=O)(=O)Cc3ccccc3)cc21)C1CCCN(C)C1. The molecule has 2 unspecified atom stereocenters. The molecule has 47 heavy (non-hydrogen) atoms. The second-order valence-corrected chi connectivity index (χ2v) is 15.2. The van der Waals surface area contributed by atoms with E-state index < -0.39 is 15.9 Å². The van der Waals surface area contributed by atoms with Crippen LogP contribution in [-0.2, 0) is 27.1 Å². The highest BCUT2D eigenvalue weighted by molar-refractivity contribution is 7.89. The lowest BCUT2D eigenvalue weighted by Crippen LogP contribution is -2.45. The number of hydrogen-bond donors (Lipinski definition) is 2. The topological polar surface area (TPSA) is 101 Å². The van der Waals surface area contributed by atoms with Crippen LogP contribution in [0.3, 0.4) is 0 Å². The predicted molar refractivity (Wildman–Crippen MR) is 188 cm³/mol. The second-order valence-electron chi connectivity index (χ2n) is 13.5. The number of piperidine rings is 1. The number of hydrogen-bond acceptors (Lipinski definition) is 5. The first-order valence-corrected chi connectivity index (χ1v) is 18.6. The summed E-state index contributed by atoms with van der Waals surface area (Å²) in [5.74, 6) is -0.338. The van der Waals surface area contributed by atoms with Crippen LogP contribution in [-0.4, -0.2) is 55.9 Å². The van der Waals surface area contributed by atoms with Crippen molar-refractivity contribution in [3.8, 4) is 11.3 Å². The molecule has 2 N–H and O–H groups in total. The van der Waals surface area contributed by atoms with Crippen LogP contribution in [0.2, 0.25) is 0 Å². The Morgan fingerprint density at radius 2 is 1.60 bits per heavy atom. The molecule has 8 nitrogen and oxygen atoms in total. The zero-order valence-electron chi connectivity index (χ0n) is 27.5. The molecule has 6 rings (SSSR count). The van der Waals surface area contributed by atoms with Crippen LogP contribution >= 0.6 is 0 Å². The highest BCUT2D eigenvalue weighted by atomic mass is 32.2. The van der Waals surface area contributed by atoms with Crippen LogP contribution in [0.15, 0.2) is 78.9 Å². The van der Waals surface area contributed by atoms with Gasteiger partial charge in [0.25, 0.3) is 5.91 Å². The molecule has 2 heterocycles. The van der Waals surface area contributed by atoms with E-state index in [4.69, 9.17) is 0 Å². The van der Waals surface area contributed by atoms with Crippen LogP contribution in [0, 0.1) is 5.92 Å². The third-order valence-electron chi connectivity index (χ3n) is 9.93. The molecule has 2 atom stereocenters. The quantitative estimate of drug-likeness (QED) is 0.204. The lowest BCUT2D eigenvalue weighted by molar-refractivity contribution is -0.122. The minimum Gasteiger partial charge on any atom is -0.352 e. The Kier molecular flexibility index (Phi) is 10.1. The summed E-state index contributed by atoms with van der Waals surface area (Å²) in [5.41, 5.74) is 4.84. The molecule has 248 valence electrons. The molecular formula is C38H46N4O4S. The van der Waals surface area contributed by atoms with Gasteiger partial charge in [-0.3, -0.25) is 9.59 Å². The molecule has 2 amide bonds. The van der Waals surface area contributed by atoms with Gasteiger partial charge in [0.1, 0.15) is 6.54 Å². The molecule has 1 aliphatic heterocycles. The molecule has 0 spiro atoms. The molecule has 2 aliphatic rings. The van der Waals surface area contributed by atoms with E-state index >= 15 is 0 Å². The van der Waals surface area contributed by atoms with E-state index in [9.17, 15) is 18.0 Å². The van der Waals surface area contributed by atoms with Crippen LogP contribution < -0.4 is 10.0 Å². The van der Waals surface area contributed by atoms with E-state index in [2.05, 4.69) is 45.6 Å². The maximum atomic E-state index is 13.8. The number of nitrogens with zero attached hydrogens (tertiary/aromatic N) is 2. The Morgan fingerprint density at radius 1 is 0.894 bits per heavy atom. The summed E-state index contributed by atoms with van der Waals surface area (Å²) in [6.45, 7) is 4.23. The average molecular weight is 655 g/mol. The minimum atomic E-state index is -3.93.